The molecule has 3 aromatic rings. The Morgan fingerprint density at radius 1 is 1.13 bits per heavy atom. The molecule has 1 atom stereocenters. The number of aromatic nitrogens is 2. The van der Waals surface area contributed by atoms with Gasteiger partial charge in [0.15, 0.2) is 5.82 Å². The van der Waals surface area contributed by atoms with E-state index in [0.29, 0.717) is 36.2 Å². The maximum absolute atomic E-state index is 13.3. The molecule has 156 valence electrons. The Balaban J connectivity index is 1.64. The number of nitrogens with one attached hydrogen (secondary N) is 2. The lowest BCUT2D eigenvalue weighted by Gasteiger charge is -2.37. The number of urea groups is 1. The van der Waals surface area contributed by atoms with Gasteiger partial charge in [0.05, 0.1) is 24.2 Å². The molecule has 2 heterocycles. The molecule has 1 aromatic heterocycles. The zero-order valence-electron chi connectivity index (χ0n) is 17.6. The van der Waals surface area contributed by atoms with Crippen LogP contribution in [-0.4, -0.2) is 47.6 Å². The molecular weight excluding hydrogens is 378 g/mol. The molecule has 0 spiro atoms. The van der Waals surface area contributed by atoms with E-state index in [-0.39, 0.29) is 12.1 Å². The Morgan fingerprint density at radius 2 is 1.83 bits per heavy atom. The average Bonchev–Trinajstić information content (AvgIpc) is 2.78. The highest BCUT2D eigenvalue weighted by molar-refractivity contribution is 5.91. The lowest BCUT2D eigenvalue weighted by Crippen LogP contribution is -2.50. The first-order valence-electron chi connectivity index (χ1n) is 10.3. The number of rotatable bonds is 4. The minimum atomic E-state index is -0.206. The first kappa shape index (κ1) is 20.1. The molecule has 1 aliphatic heterocycles. The molecule has 1 aliphatic rings. The summed E-state index contributed by atoms with van der Waals surface area (Å²) in [5, 5.41) is 6.35. The lowest BCUT2D eigenvalue weighted by molar-refractivity contribution is 0.170. The van der Waals surface area contributed by atoms with E-state index in [1.807, 2.05) is 35.2 Å². The number of hydrogen-bond acceptors (Lipinski definition) is 5. The molecule has 1 unspecified atom stereocenters. The van der Waals surface area contributed by atoms with Gasteiger partial charge in [0.1, 0.15) is 0 Å². The highest BCUT2D eigenvalue weighted by Gasteiger charge is 2.30. The smallest absolute Gasteiger partial charge is 0.323 e. The third-order valence-electron chi connectivity index (χ3n) is 5.44. The zero-order valence-corrected chi connectivity index (χ0v) is 17.6. The quantitative estimate of drug-likeness (QED) is 0.687. The van der Waals surface area contributed by atoms with Gasteiger partial charge in [-0.15, -0.1) is 0 Å². The summed E-state index contributed by atoms with van der Waals surface area (Å²) < 4.78 is 5.38. The number of amides is 2. The number of nitrogens with zero attached hydrogens (tertiary/aromatic N) is 3. The van der Waals surface area contributed by atoms with Crippen LogP contribution in [0.15, 0.2) is 48.5 Å². The van der Waals surface area contributed by atoms with Gasteiger partial charge >= 0.3 is 6.03 Å². The number of piperazine rings is 1. The van der Waals surface area contributed by atoms with E-state index in [1.165, 1.54) is 18.2 Å². The van der Waals surface area contributed by atoms with Crippen molar-refractivity contribution in [2.75, 3.05) is 32.1 Å². The van der Waals surface area contributed by atoms with Gasteiger partial charge in [-0.3, -0.25) is 5.32 Å². The van der Waals surface area contributed by atoms with E-state index >= 15 is 0 Å². The third-order valence-corrected chi connectivity index (χ3v) is 5.44. The van der Waals surface area contributed by atoms with Gasteiger partial charge in [-0.05, 0) is 29.2 Å². The molecule has 0 bridgehead atoms. The summed E-state index contributed by atoms with van der Waals surface area (Å²) in [5.41, 5.74) is 3.85. The largest absolute Gasteiger partial charge is 0.478 e. The fourth-order valence-electron chi connectivity index (χ4n) is 3.95. The van der Waals surface area contributed by atoms with Crippen LogP contribution in [0.3, 0.4) is 0 Å². The van der Waals surface area contributed by atoms with Crippen molar-refractivity contribution >= 4 is 22.9 Å². The first-order chi connectivity index (χ1) is 14.6. The number of ether oxygens (including phenoxy) is 1. The zero-order chi connectivity index (χ0) is 21.1. The number of carbonyl (C=O) groups is 1. The number of methoxy groups -OCH3 is 1. The van der Waals surface area contributed by atoms with Crippen LogP contribution < -0.4 is 15.4 Å². The summed E-state index contributed by atoms with van der Waals surface area (Å²) in [6.45, 7) is 6.41. The Labute approximate surface area is 176 Å². The Morgan fingerprint density at radius 3 is 2.57 bits per heavy atom. The van der Waals surface area contributed by atoms with Gasteiger partial charge in [-0.25, -0.2) is 14.8 Å². The second-order valence-corrected chi connectivity index (χ2v) is 7.70. The third kappa shape index (κ3) is 3.93. The molecule has 7 nitrogen and oxygen atoms in total. The van der Waals surface area contributed by atoms with Crippen LogP contribution in [0, 0.1) is 0 Å². The number of benzene rings is 2. The number of carbonyl (C=O) groups excluding carboxylic acids is 1. The highest BCUT2D eigenvalue weighted by Crippen LogP contribution is 2.31. The molecule has 0 saturated carbocycles. The minimum Gasteiger partial charge on any atom is -0.478 e. The molecule has 1 saturated heterocycles. The maximum atomic E-state index is 13.3. The summed E-state index contributed by atoms with van der Waals surface area (Å²) in [5.74, 6) is 1.01. The van der Waals surface area contributed by atoms with Crippen molar-refractivity contribution in [3.8, 4) is 5.88 Å². The summed E-state index contributed by atoms with van der Waals surface area (Å²) >= 11 is 0. The molecule has 7 heteroatoms. The van der Waals surface area contributed by atoms with Crippen molar-refractivity contribution < 1.29 is 9.53 Å². The standard InChI is InChI=1S/C23H27N5O2/c1-15(2)16-8-4-5-9-17(16)20-14-24-12-13-28(20)23(29)27-21-22(30-3)26-19-11-7-6-10-18(19)25-21/h4-11,15,20,24H,12-14H2,1-3H3,(H,25,27,29). The molecule has 1 fully saturated rings. The van der Waals surface area contributed by atoms with Crippen LogP contribution in [0.1, 0.15) is 36.9 Å². The fourth-order valence-corrected chi connectivity index (χ4v) is 3.95. The molecule has 30 heavy (non-hydrogen) atoms. The van der Waals surface area contributed by atoms with Crippen LogP contribution in [0.5, 0.6) is 5.88 Å². The van der Waals surface area contributed by atoms with Crippen molar-refractivity contribution in [3.05, 3.63) is 59.7 Å². The lowest BCUT2D eigenvalue weighted by atomic mass is 9.91. The van der Waals surface area contributed by atoms with E-state index in [1.54, 1.807) is 0 Å². The molecule has 0 radical (unpaired) electrons. The predicted molar refractivity (Wildman–Crippen MR) is 118 cm³/mol. The average molecular weight is 406 g/mol. The van der Waals surface area contributed by atoms with E-state index < -0.39 is 0 Å². The predicted octanol–water partition coefficient (Wildman–Crippen LogP) is 3.94. The number of fused-ring (bicyclic) bond motifs is 1. The Hall–Kier alpha value is -3.19. The molecule has 2 aromatic carbocycles. The molecule has 2 amide bonds. The topological polar surface area (TPSA) is 79.4 Å². The monoisotopic (exact) mass is 405 g/mol. The summed E-state index contributed by atoms with van der Waals surface area (Å²) in [6.07, 6.45) is 0. The van der Waals surface area contributed by atoms with Crippen LogP contribution in [0.2, 0.25) is 0 Å². The maximum Gasteiger partial charge on any atom is 0.323 e. The van der Waals surface area contributed by atoms with E-state index in [0.717, 1.165) is 12.1 Å². The number of hydrogen-bond donors (Lipinski definition) is 2. The van der Waals surface area contributed by atoms with Gasteiger partial charge in [0, 0.05) is 19.6 Å². The number of anilines is 1. The van der Waals surface area contributed by atoms with Crippen molar-refractivity contribution in [2.45, 2.75) is 25.8 Å². The van der Waals surface area contributed by atoms with Crippen LogP contribution in [0.4, 0.5) is 10.6 Å². The van der Waals surface area contributed by atoms with E-state index in [9.17, 15) is 4.79 Å². The number of para-hydroxylation sites is 2. The summed E-state index contributed by atoms with van der Waals surface area (Å²) in [4.78, 5) is 24.2. The van der Waals surface area contributed by atoms with E-state index in [2.05, 4.69) is 52.6 Å². The van der Waals surface area contributed by atoms with Crippen LogP contribution in [0.25, 0.3) is 11.0 Å². The fraction of sp³-hybridized carbons (Fsp3) is 0.348. The second kappa shape index (κ2) is 8.67. The van der Waals surface area contributed by atoms with Gasteiger partial charge in [-0.1, -0.05) is 50.2 Å². The van der Waals surface area contributed by atoms with Crippen molar-refractivity contribution in [1.82, 2.24) is 20.2 Å². The van der Waals surface area contributed by atoms with Crippen LogP contribution >= 0.6 is 0 Å². The second-order valence-electron chi connectivity index (χ2n) is 7.70. The van der Waals surface area contributed by atoms with Gasteiger partial charge in [-0.2, -0.15) is 0 Å². The van der Waals surface area contributed by atoms with Crippen molar-refractivity contribution in [3.63, 3.8) is 0 Å². The van der Waals surface area contributed by atoms with Crippen molar-refractivity contribution in [1.29, 1.82) is 0 Å². The summed E-state index contributed by atoms with van der Waals surface area (Å²) in [7, 11) is 1.53. The Kier molecular flexibility index (Phi) is 5.81. The summed E-state index contributed by atoms with van der Waals surface area (Å²) in [6, 6.07) is 15.6. The van der Waals surface area contributed by atoms with Gasteiger partial charge in [0.2, 0.25) is 0 Å². The molecule has 4 rings (SSSR count). The van der Waals surface area contributed by atoms with E-state index in [4.69, 9.17) is 4.74 Å². The highest BCUT2D eigenvalue weighted by atomic mass is 16.5. The minimum absolute atomic E-state index is 0.0586. The van der Waals surface area contributed by atoms with Crippen molar-refractivity contribution in [2.24, 2.45) is 0 Å². The SMILES string of the molecule is COc1nc2ccccc2nc1NC(=O)N1CCNCC1c1ccccc1C(C)C. The van der Waals surface area contributed by atoms with Gasteiger partial charge in [0.25, 0.3) is 5.88 Å². The first-order valence-corrected chi connectivity index (χ1v) is 10.3. The molecule has 0 aliphatic carbocycles. The van der Waals surface area contributed by atoms with Gasteiger partial charge < -0.3 is 15.0 Å². The normalized spacial score (nSPS) is 16.7. The van der Waals surface area contributed by atoms with Crippen LogP contribution in [-0.2, 0) is 0 Å². The molecular formula is C23H27N5O2. The Bertz CT molecular complexity index is 1050. The molecule has 2 N–H and O–H groups in total.